The quantitative estimate of drug-likeness (QED) is 0.880. The van der Waals surface area contributed by atoms with Crippen molar-refractivity contribution in [3.8, 4) is 0 Å². The van der Waals surface area contributed by atoms with Gasteiger partial charge in [-0.25, -0.2) is 4.79 Å². The second-order valence-corrected chi connectivity index (χ2v) is 5.37. The van der Waals surface area contributed by atoms with Crippen molar-refractivity contribution in [1.82, 2.24) is 9.88 Å². The van der Waals surface area contributed by atoms with Crippen LogP contribution in [0.3, 0.4) is 0 Å². The van der Waals surface area contributed by atoms with Gasteiger partial charge in [-0.05, 0) is 44.0 Å². The first-order valence-corrected chi connectivity index (χ1v) is 7.42. The predicted molar refractivity (Wildman–Crippen MR) is 82.0 cm³/mol. The first kappa shape index (κ1) is 14.9. The van der Waals surface area contributed by atoms with Gasteiger partial charge in [0.2, 0.25) is 0 Å². The van der Waals surface area contributed by atoms with Gasteiger partial charge in [0.25, 0.3) is 0 Å². The third-order valence-electron chi connectivity index (χ3n) is 3.99. The lowest BCUT2D eigenvalue weighted by Crippen LogP contribution is -2.23. The van der Waals surface area contributed by atoms with Crippen molar-refractivity contribution in [2.75, 3.05) is 7.05 Å². The number of oxazole rings is 1. The van der Waals surface area contributed by atoms with Gasteiger partial charge < -0.3 is 9.73 Å². The van der Waals surface area contributed by atoms with Crippen molar-refractivity contribution in [2.45, 2.75) is 46.2 Å². The molecule has 1 aromatic carbocycles. The summed E-state index contributed by atoms with van der Waals surface area (Å²) in [7, 11) is 1.98. The Morgan fingerprint density at radius 1 is 1.35 bits per heavy atom. The molecule has 2 aromatic rings. The fraction of sp³-hybridized carbons (Fsp3) is 0.562. The molecule has 0 aliphatic rings. The van der Waals surface area contributed by atoms with Gasteiger partial charge in [0.1, 0.15) is 0 Å². The number of hydrogen-bond acceptors (Lipinski definition) is 3. The molecule has 4 nitrogen and oxygen atoms in total. The molecule has 0 spiro atoms. The molecule has 2 unspecified atom stereocenters. The van der Waals surface area contributed by atoms with E-state index >= 15 is 0 Å². The Labute approximate surface area is 119 Å². The zero-order valence-corrected chi connectivity index (χ0v) is 12.8. The molecule has 110 valence electrons. The second-order valence-electron chi connectivity index (χ2n) is 5.37. The molecule has 0 saturated heterocycles. The van der Waals surface area contributed by atoms with E-state index in [4.69, 9.17) is 4.42 Å². The normalized spacial score (nSPS) is 14.6. The van der Waals surface area contributed by atoms with Crippen molar-refractivity contribution >= 4 is 11.1 Å². The summed E-state index contributed by atoms with van der Waals surface area (Å²) in [6, 6.07) is 6.37. The third kappa shape index (κ3) is 2.66. The molecule has 0 aliphatic heterocycles. The summed E-state index contributed by atoms with van der Waals surface area (Å²) >= 11 is 0. The summed E-state index contributed by atoms with van der Waals surface area (Å²) in [5, 5.41) is 3.38. The van der Waals surface area contributed by atoms with E-state index in [1.807, 2.05) is 26.1 Å². The molecule has 4 heteroatoms. The van der Waals surface area contributed by atoms with E-state index in [0.717, 1.165) is 5.52 Å². The molecule has 1 N–H and O–H groups in total. The SMILES string of the molecule is CCCC(C)C(NC)c1ccc2c(c1)oc(=O)n2CC. The number of nitrogens with one attached hydrogen (secondary N) is 1. The summed E-state index contributed by atoms with van der Waals surface area (Å²) in [5.74, 6) is 0.268. The van der Waals surface area contributed by atoms with E-state index in [1.54, 1.807) is 4.57 Å². The molecule has 2 rings (SSSR count). The van der Waals surface area contributed by atoms with Crippen molar-refractivity contribution in [1.29, 1.82) is 0 Å². The number of nitrogens with zero attached hydrogens (tertiary/aromatic N) is 1. The Kier molecular flexibility index (Phi) is 4.65. The highest BCUT2D eigenvalue weighted by atomic mass is 16.4. The number of aryl methyl sites for hydroxylation is 1. The Bertz CT molecular complexity index is 627. The lowest BCUT2D eigenvalue weighted by molar-refractivity contribution is 0.384. The highest BCUT2D eigenvalue weighted by Crippen LogP contribution is 2.27. The highest BCUT2D eigenvalue weighted by molar-refractivity contribution is 5.74. The molecular weight excluding hydrogens is 252 g/mol. The van der Waals surface area contributed by atoms with Gasteiger partial charge in [-0.2, -0.15) is 0 Å². The van der Waals surface area contributed by atoms with Gasteiger partial charge in [-0.3, -0.25) is 4.57 Å². The molecule has 2 atom stereocenters. The molecule has 1 aromatic heterocycles. The molecular formula is C16H24N2O2. The zero-order valence-electron chi connectivity index (χ0n) is 12.8. The molecule has 0 aliphatic carbocycles. The average Bonchev–Trinajstić information content (AvgIpc) is 2.74. The van der Waals surface area contributed by atoms with Gasteiger partial charge in [0, 0.05) is 12.6 Å². The lowest BCUT2D eigenvalue weighted by Gasteiger charge is -2.23. The average molecular weight is 276 g/mol. The topological polar surface area (TPSA) is 47.2 Å². The summed E-state index contributed by atoms with van der Waals surface area (Å²) in [4.78, 5) is 11.7. The smallest absolute Gasteiger partial charge is 0.408 e. The van der Waals surface area contributed by atoms with Gasteiger partial charge >= 0.3 is 5.76 Å². The van der Waals surface area contributed by atoms with Crippen LogP contribution in [0.15, 0.2) is 27.4 Å². The maximum Gasteiger partial charge on any atom is 0.419 e. The number of benzene rings is 1. The van der Waals surface area contributed by atoms with Gasteiger partial charge in [-0.1, -0.05) is 26.3 Å². The summed E-state index contributed by atoms with van der Waals surface area (Å²) < 4.78 is 7.00. The van der Waals surface area contributed by atoms with Gasteiger partial charge in [-0.15, -0.1) is 0 Å². The third-order valence-corrected chi connectivity index (χ3v) is 3.99. The lowest BCUT2D eigenvalue weighted by atomic mass is 9.91. The largest absolute Gasteiger partial charge is 0.419 e. The number of rotatable bonds is 6. The van der Waals surface area contributed by atoms with Crippen molar-refractivity contribution in [3.63, 3.8) is 0 Å². The maximum absolute atomic E-state index is 11.7. The van der Waals surface area contributed by atoms with Gasteiger partial charge in [0.15, 0.2) is 5.58 Å². The molecule has 0 fully saturated rings. The van der Waals surface area contributed by atoms with Crippen LogP contribution in [0.2, 0.25) is 0 Å². The number of fused-ring (bicyclic) bond motifs is 1. The van der Waals surface area contributed by atoms with E-state index in [0.29, 0.717) is 18.0 Å². The fourth-order valence-corrected chi connectivity index (χ4v) is 2.98. The highest BCUT2D eigenvalue weighted by Gasteiger charge is 2.18. The van der Waals surface area contributed by atoms with Crippen LogP contribution in [0.5, 0.6) is 0 Å². The maximum atomic E-state index is 11.7. The van der Waals surface area contributed by atoms with Crippen LogP contribution in [0.25, 0.3) is 11.1 Å². The first-order chi connectivity index (χ1) is 9.62. The molecule has 20 heavy (non-hydrogen) atoms. The molecule has 0 amide bonds. The zero-order chi connectivity index (χ0) is 14.7. The minimum Gasteiger partial charge on any atom is -0.408 e. The minimum absolute atomic E-state index is 0.276. The Morgan fingerprint density at radius 2 is 2.10 bits per heavy atom. The van der Waals surface area contributed by atoms with Crippen molar-refractivity contribution < 1.29 is 4.42 Å². The molecule has 0 radical (unpaired) electrons. The van der Waals surface area contributed by atoms with E-state index < -0.39 is 0 Å². The Morgan fingerprint density at radius 3 is 2.70 bits per heavy atom. The fourth-order valence-electron chi connectivity index (χ4n) is 2.98. The van der Waals surface area contributed by atoms with Crippen LogP contribution >= 0.6 is 0 Å². The summed E-state index contributed by atoms with van der Waals surface area (Å²) in [5.41, 5.74) is 2.73. The minimum atomic E-state index is -0.276. The summed E-state index contributed by atoms with van der Waals surface area (Å²) in [6.45, 7) is 7.03. The molecule has 0 bridgehead atoms. The second kappa shape index (κ2) is 6.27. The van der Waals surface area contributed by atoms with E-state index in [1.165, 1.54) is 18.4 Å². The molecule has 0 saturated carbocycles. The number of hydrogen-bond donors (Lipinski definition) is 1. The van der Waals surface area contributed by atoms with E-state index in [-0.39, 0.29) is 11.8 Å². The van der Waals surface area contributed by atoms with Crippen LogP contribution in [0.4, 0.5) is 0 Å². The Balaban J connectivity index is 2.42. The van der Waals surface area contributed by atoms with Crippen molar-refractivity contribution in [2.24, 2.45) is 5.92 Å². The first-order valence-electron chi connectivity index (χ1n) is 7.42. The standard InChI is InChI=1S/C16H24N2O2/c1-5-7-11(3)15(17-4)12-8-9-13-14(10-12)20-16(19)18(13)6-2/h8-11,15,17H,5-7H2,1-4H3. The van der Waals surface area contributed by atoms with Crippen LogP contribution in [0, 0.1) is 5.92 Å². The Hall–Kier alpha value is -1.55. The van der Waals surface area contributed by atoms with Crippen LogP contribution in [0.1, 0.15) is 45.2 Å². The van der Waals surface area contributed by atoms with Crippen LogP contribution < -0.4 is 11.1 Å². The predicted octanol–water partition coefficient (Wildman–Crippen LogP) is 3.31. The summed E-state index contributed by atoms with van der Waals surface area (Å²) in [6.07, 6.45) is 2.34. The van der Waals surface area contributed by atoms with Crippen LogP contribution in [-0.2, 0) is 6.54 Å². The molecule has 1 heterocycles. The monoisotopic (exact) mass is 276 g/mol. The van der Waals surface area contributed by atoms with E-state index in [9.17, 15) is 4.79 Å². The van der Waals surface area contributed by atoms with Gasteiger partial charge in [0.05, 0.1) is 5.52 Å². The number of aromatic nitrogens is 1. The van der Waals surface area contributed by atoms with Crippen LogP contribution in [-0.4, -0.2) is 11.6 Å². The van der Waals surface area contributed by atoms with E-state index in [2.05, 4.69) is 25.2 Å². The van der Waals surface area contributed by atoms with Crippen molar-refractivity contribution in [3.05, 3.63) is 34.3 Å².